The zero-order valence-corrected chi connectivity index (χ0v) is 12.3. The molecule has 0 unspecified atom stereocenters. The van der Waals surface area contributed by atoms with Crippen molar-refractivity contribution in [2.45, 2.75) is 11.3 Å². The van der Waals surface area contributed by atoms with Gasteiger partial charge in [0.05, 0.1) is 18.6 Å². The molecule has 0 aliphatic rings. The van der Waals surface area contributed by atoms with E-state index in [4.69, 9.17) is 21.1 Å². The van der Waals surface area contributed by atoms with Crippen molar-refractivity contribution in [3.05, 3.63) is 24.3 Å². The third-order valence-corrected chi connectivity index (χ3v) is 3.98. The first kappa shape index (κ1) is 16.2. The monoisotopic (exact) mass is 307 g/mol. The topological polar surface area (TPSA) is 64.6 Å². The number of benzene rings is 1. The van der Waals surface area contributed by atoms with Gasteiger partial charge >= 0.3 is 0 Å². The lowest BCUT2D eigenvalue weighted by Gasteiger charge is -2.07. The summed E-state index contributed by atoms with van der Waals surface area (Å²) in [6.07, 6.45) is 0.603. The van der Waals surface area contributed by atoms with Crippen LogP contribution < -0.4 is 9.46 Å². The smallest absolute Gasteiger partial charge is 0.240 e. The molecule has 0 aromatic heterocycles. The molecule has 1 aromatic carbocycles. The van der Waals surface area contributed by atoms with Crippen molar-refractivity contribution in [2.75, 3.05) is 32.7 Å². The number of nitrogens with one attached hydrogen (secondary N) is 1. The first-order valence-corrected chi connectivity index (χ1v) is 7.89. The number of hydrogen-bond donors (Lipinski definition) is 1. The van der Waals surface area contributed by atoms with Crippen molar-refractivity contribution in [2.24, 2.45) is 0 Å². The minimum absolute atomic E-state index is 0.218. The Hall–Kier alpha value is -0.820. The zero-order chi connectivity index (χ0) is 14.1. The fourth-order valence-corrected chi connectivity index (χ4v) is 2.56. The van der Waals surface area contributed by atoms with Gasteiger partial charge < -0.3 is 9.47 Å². The maximum atomic E-state index is 11.9. The molecule has 1 rings (SSSR count). The summed E-state index contributed by atoms with van der Waals surface area (Å²) in [6.45, 7) is 1.29. The second-order valence-corrected chi connectivity index (χ2v) is 5.87. The highest BCUT2D eigenvalue weighted by Gasteiger charge is 2.12. The lowest BCUT2D eigenvalue weighted by atomic mass is 10.3. The molecular formula is C12H18ClNO4S. The van der Waals surface area contributed by atoms with E-state index in [-0.39, 0.29) is 4.90 Å². The minimum Gasteiger partial charge on any atom is -0.497 e. The van der Waals surface area contributed by atoms with Gasteiger partial charge in [0.25, 0.3) is 0 Å². The van der Waals surface area contributed by atoms with Crippen LogP contribution in [-0.4, -0.2) is 41.2 Å². The number of ether oxygens (including phenoxy) is 2. The van der Waals surface area contributed by atoms with Gasteiger partial charge in [0.15, 0.2) is 0 Å². The molecule has 1 N–H and O–H groups in total. The van der Waals surface area contributed by atoms with E-state index in [1.54, 1.807) is 12.1 Å². The van der Waals surface area contributed by atoms with Crippen molar-refractivity contribution in [3.8, 4) is 5.75 Å². The Bertz CT molecular complexity index is 461. The summed E-state index contributed by atoms with van der Waals surface area (Å²) in [5.41, 5.74) is 0. The molecule has 108 valence electrons. The van der Waals surface area contributed by atoms with Crippen molar-refractivity contribution < 1.29 is 17.9 Å². The minimum atomic E-state index is -3.47. The van der Waals surface area contributed by atoms with Crippen molar-refractivity contribution in [1.82, 2.24) is 4.72 Å². The molecule has 0 fully saturated rings. The largest absolute Gasteiger partial charge is 0.497 e. The van der Waals surface area contributed by atoms with Crippen LogP contribution in [0.2, 0.25) is 0 Å². The lowest BCUT2D eigenvalue weighted by Crippen LogP contribution is -2.25. The molecule has 1 aromatic rings. The fraction of sp³-hybridized carbons (Fsp3) is 0.500. The summed E-state index contributed by atoms with van der Waals surface area (Å²) in [6, 6.07) is 6.23. The summed E-state index contributed by atoms with van der Waals surface area (Å²) >= 11 is 5.44. The first-order chi connectivity index (χ1) is 9.10. The molecule has 0 aliphatic heterocycles. The summed E-state index contributed by atoms with van der Waals surface area (Å²) in [7, 11) is -1.93. The second kappa shape index (κ2) is 8.37. The fourth-order valence-electron chi connectivity index (χ4n) is 1.38. The van der Waals surface area contributed by atoms with Crippen LogP contribution >= 0.6 is 11.6 Å². The van der Waals surface area contributed by atoms with Gasteiger partial charge in [-0.25, -0.2) is 13.1 Å². The summed E-state index contributed by atoms with van der Waals surface area (Å²) in [5, 5.41) is 0. The molecule has 0 amide bonds. The zero-order valence-electron chi connectivity index (χ0n) is 10.8. The van der Waals surface area contributed by atoms with E-state index in [0.29, 0.717) is 37.8 Å². The van der Waals surface area contributed by atoms with E-state index in [1.807, 2.05) is 0 Å². The molecule has 19 heavy (non-hydrogen) atoms. The molecule has 0 heterocycles. The first-order valence-electron chi connectivity index (χ1n) is 5.87. The van der Waals surface area contributed by atoms with Crippen LogP contribution in [0.25, 0.3) is 0 Å². The van der Waals surface area contributed by atoms with Gasteiger partial charge in [-0.15, -0.1) is 11.6 Å². The standard InChI is InChI=1S/C12H18ClNO4S/c1-17-11-3-5-12(6-4-11)19(15,16)14-8-2-9-18-10-7-13/h3-6,14H,2,7-10H2,1H3. The molecule has 0 aliphatic carbocycles. The molecule has 0 saturated carbocycles. The maximum Gasteiger partial charge on any atom is 0.240 e. The third-order valence-electron chi connectivity index (χ3n) is 2.35. The Morgan fingerprint density at radius 3 is 2.47 bits per heavy atom. The Labute approximate surface area is 118 Å². The number of rotatable bonds is 9. The molecule has 0 spiro atoms. The SMILES string of the molecule is COc1ccc(S(=O)(=O)NCCCOCCCl)cc1. The number of alkyl halides is 1. The number of hydrogen-bond acceptors (Lipinski definition) is 4. The van der Waals surface area contributed by atoms with Crippen molar-refractivity contribution in [3.63, 3.8) is 0 Å². The van der Waals surface area contributed by atoms with Crippen LogP contribution in [0, 0.1) is 0 Å². The van der Waals surface area contributed by atoms with Gasteiger partial charge in [0, 0.05) is 19.0 Å². The molecule has 7 heteroatoms. The Kier molecular flexibility index (Phi) is 7.15. The predicted molar refractivity (Wildman–Crippen MR) is 74.3 cm³/mol. The predicted octanol–water partition coefficient (Wildman–Crippen LogP) is 1.62. The summed E-state index contributed by atoms with van der Waals surface area (Å²) in [5.74, 6) is 1.06. The van der Waals surface area contributed by atoms with Gasteiger partial charge in [0.2, 0.25) is 10.0 Å². The van der Waals surface area contributed by atoms with E-state index in [1.165, 1.54) is 19.2 Å². The van der Waals surface area contributed by atoms with E-state index in [0.717, 1.165) is 0 Å². The van der Waals surface area contributed by atoms with E-state index >= 15 is 0 Å². The van der Waals surface area contributed by atoms with Crippen LogP contribution in [0.1, 0.15) is 6.42 Å². The number of methoxy groups -OCH3 is 1. The Morgan fingerprint density at radius 1 is 1.21 bits per heavy atom. The van der Waals surface area contributed by atoms with E-state index < -0.39 is 10.0 Å². The molecule has 0 radical (unpaired) electrons. The van der Waals surface area contributed by atoms with E-state index in [9.17, 15) is 8.42 Å². The van der Waals surface area contributed by atoms with Gasteiger partial charge in [-0.2, -0.15) is 0 Å². The molecule has 5 nitrogen and oxygen atoms in total. The van der Waals surface area contributed by atoms with Crippen molar-refractivity contribution in [1.29, 1.82) is 0 Å². The number of halogens is 1. The van der Waals surface area contributed by atoms with Gasteiger partial charge in [-0.05, 0) is 30.7 Å². The lowest BCUT2D eigenvalue weighted by molar-refractivity contribution is 0.147. The molecule has 0 atom stereocenters. The van der Waals surface area contributed by atoms with Crippen LogP contribution in [0.5, 0.6) is 5.75 Å². The quantitative estimate of drug-likeness (QED) is 0.556. The highest BCUT2D eigenvalue weighted by atomic mass is 35.5. The second-order valence-electron chi connectivity index (χ2n) is 3.73. The average molecular weight is 308 g/mol. The highest BCUT2D eigenvalue weighted by molar-refractivity contribution is 7.89. The van der Waals surface area contributed by atoms with Crippen LogP contribution in [0.4, 0.5) is 0 Å². The summed E-state index contributed by atoms with van der Waals surface area (Å²) in [4.78, 5) is 0.218. The summed E-state index contributed by atoms with van der Waals surface area (Å²) < 4.78 is 36.4. The van der Waals surface area contributed by atoms with Crippen molar-refractivity contribution >= 4 is 21.6 Å². The van der Waals surface area contributed by atoms with Crippen LogP contribution in [0.3, 0.4) is 0 Å². The van der Waals surface area contributed by atoms with Gasteiger partial charge in [-0.1, -0.05) is 0 Å². The normalized spacial score (nSPS) is 11.5. The maximum absolute atomic E-state index is 11.9. The Balaban J connectivity index is 2.42. The van der Waals surface area contributed by atoms with Gasteiger partial charge in [0.1, 0.15) is 5.75 Å². The molecule has 0 bridgehead atoms. The van der Waals surface area contributed by atoms with E-state index in [2.05, 4.69) is 4.72 Å². The Morgan fingerprint density at radius 2 is 1.89 bits per heavy atom. The number of sulfonamides is 1. The molecule has 0 saturated heterocycles. The van der Waals surface area contributed by atoms with Gasteiger partial charge in [-0.3, -0.25) is 0 Å². The van der Waals surface area contributed by atoms with Crippen LogP contribution in [-0.2, 0) is 14.8 Å². The van der Waals surface area contributed by atoms with Crippen LogP contribution in [0.15, 0.2) is 29.2 Å². The third kappa shape index (κ3) is 5.78. The highest BCUT2D eigenvalue weighted by Crippen LogP contribution is 2.15. The molecular weight excluding hydrogens is 290 g/mol. The average Bonchev–Trinajstić information content (AvgIpc) is 2.43.